The summed E-state index contributed by atoms with van der Waals surface area (Å²) in [6.45, 7) is 1.38. The first-order chi connectivity index (χ1) is 10.9. The van der Waals surface area contributed by atoms with Gasteiger partial charge in [0.05, 0.1) is 16.3 Å². The second kappa shape index (κ2) is 7.06. The van der Waals surface area contributed by atoms with Gasteiger partial charge in [0.1, 0.15) is 5.82 Å². The number of halogens is 2. The van der Waals surface area contributed by atoms with Gasteiger partial charge in [-0.15, -0.1) is 0 Å². The van der Waals surface area contributed by atoms with Gasteiger partial charge in [-0.3, -0.25) is 4.79 Å². The lowest BCUT2D eigenvalue weighted by atomic mass is 10.2. The maximum absolute atomic E-state index is 12.9. The number of nitrogens with zero attached hydrogens (tertiary/aromatic N) is 1. The lowest BCUT2D eigenvalue weighted by molar-refractivity contribution is -0.605. The van der Waals surface area contributed by atoms with E-state index in [0.717, 1.165) is 24.5 Å². The highest BCUT2D eigenvalue weighted by Gasteiger charge is 2.20. The molecule has 0 fully saturated rings. The highest BCUT2D eigenvalue weighted by atomic mass is 35.5. The molecule has 2 aromatic rings. The molecule has 23 heavy (non-hydrogen) atoms. The zero-order valence-corrected chi connectivity index (χ0v) is 12.7. The van der Waals surface area contributed by atoms with E-state index in [9.17, 15) is 19.2 Å². The molecule has 2 rings (SSSR count). The lowest BCUT2D eigenvalue weighted by Gasteiger charge is -2.14. The van der Waals surface area contributed by atoms with E-state index in [1.165, 1.54) is 25.1 Å². The van der Waals surface area contributed by atoms with Crippen molar-refractivity contribution in [3.63, 3.8) is 0 Å². The van der Waals surface area contributed by atoms with Crippen LogP contribution in [0.2, 0.25) is 5.02 Å². The number of esters is 1. The molecular weight excluding hydrogens is 327 g/mol. The smallest absolute Gasteiger partial charge is 0.339 e. The summed E-state index contributed by atoms with van der Waals surface area (Å²) in [5.41, 5.74) is 0.338. The predicted octanol–water partition coefficient (Wildman–Crippen LogP) is 2.30. The summed E-state index contributed by atoms with van der Waals surface area (Å²) in [6.07, 6.45) is 1.17. The molecule has 1 amide bonds. The molecule has 0 saturated heterocycles. The Balaban J connectivity index is 1.99. The molecule has 1 heterocycles. The van der Waals surface area contributed by atoms with Gasteiger partial charge in [0.15, 0.2) is 18.5 Å². The van der Waals surface area contributed by atoms with Crippen molar-refractivity contribution in [2.24, 2.45) is 0 Å². The fraction of sp³-hybridized carbons (Fsp3) is 0.133. The molecule has 6 nitrogen and oxygen atoms in total. The largest absolute Gasteiger partial charge is 0.619 e. The molecule has 0 unspecified atom stereocenters. The summed E-state index contributed by atoms with van der Waals surface area (Å²) in [5, 5.41) is 13.4. The zero-order valence-electron chi connectivity index (χ0n) is 12.0. The maximum Gasteiger partial charge on any atom is 0.339 e. The van der Waals surface area contributed by atoms with Gasteiger partial charge in [-0.1, -0.05) is 11.6 Å². The molecule has 0 aliphatic heterocycles. The van der Waals surface area contributed by atoms with Gasteiger partial charge in [-0.25, -0.2) is 9.18 Å². The maximum atomic E-state index is 12.9. The summed E-state index contributed by atoms with van der Waals surface area (Å²) >= 11 is 5.80. The molecule has 0 saturated carbocycles. The summed E-state index contributed by atoms with van der Waals surface area (Å²) in [7, 11) is 0. The third-order valence-corrected chi connectivity index (χ3v) is 3.19. The second-order valence-corrected chi connectivity index (χ2v) is 5.01. The first kappa shape index (κ1) is 16.7. The Morgan fingerprint density at radius 3 is 2.57 bits per heavy atom. The molecule has 1 atom stereocenters. The van der Waals surface area contributed by atoms with E-state index < -0.39 is 23.8 Å². The number of benzene rings is 1. The Morgan fingerprint density at radius 1 is 1.30 bits per heavy atom. The molecular formula is C15H12ClFN2O4. The van der Waals surface area contributed by atoms with Gasteiger partial charge in [0, 0.05) is 12.1 Å². The van der Waals surface area contributed by atoms with Crippen LogP contribution in [0.1, 0.15) is 17.3 Å². The second-order valence-electron chi connectivity index (χ2n) is 4.61. The number of ether oxygens (including phenoxy) is 1. The van der Waals surface area contributed by atoms with Gasteiger partial charge < -0.3 is 15.3 Å². The molecule has 0 aliphatic carbocycles. The van der Waals surface area contributed by atoms with Crippen LogP contribution in [0.15, 0.2) is 42.7 Å². The van der Waals surface area contributed by atoms with E-state index in [1.807, 2.05) is 0 Å². The van der Waals surface area contributed by atoms with Gasteiger partial charge in [-0.2, -0.15) is 4.73 Å². The summed E-state index contributed by atoms with van der Waals surface area (Å²) in [6, 6.07) is 6.04. The van der Waals surface area contributed by atoms with Crippen LogP contribution in [0.4, 0.5) is 10.1 Å². The molecule has 1 aromatic carbocycles. The van der Waals surface area contributed by atoms with Crippen molar-refractivity contribution >= 4 is 29.2 Å². The average molecular weight is 339 g/mol. The quantitative estimate of drug-likeness (QED) is 0.527. The molecule has 1 N–H and O–H groups in total. The summed E-state index contributed by atoms with van der Waals surface area (Å²) < 4.78 is 18.5. The number of nitrogens with one attached hydrogen (secondary N) is 1. The molecule has 0 spiro atoms. The topological polar surface area (TPSA) is 82.3 Å². The van der Waals surface area contributed by atoms with Crippen LogP contribution >= 0.6 is 11.6 Å². The van der Waals surface area contributed by atoms with Crippen molar-refractivity contribution in [2.75, 3.05) is 5.32 Å². The number of carbonyl (C=O) groups excluding carboxylic acids is 2. The zero-order chi connectivity index (χ0) is 17.0. The molecule has 0 radical (unpaired) electrons. The number of pyridine rings is 1. The van der Waals surface area contributed by atoms with Gasteiger partial charge in [-0.05, 0) is 25.1 Å². The number of aromatic nitrogens is 1. The molecule has 1 aromatic heterocycles. The standard InChI is InChI=1S/C15H12ClFN2O4/c1-9(23-15(21)10-4-6-19(22)7-5-10)14(20)18-13-3-2-11(17)8-12(13)16/h2-9H,1H3,(H,18,20)/t9-/m0/s1. The number of hydrogen-bond acceptors (Lipinski definition) is 4. The van der Waals surface area contributed by atoms with Crippen molar-refractivity contribution in [3.8, 4) is 0 Å². The van der Waals surface area contributed by atoms with Gasteiger partial charge >= 0.3 is 5.97 Å². The fourth-order valence-electron chi connectivity index (χ4n) is 1.66. The monoisotopic (exact) mass is 338 g/mol. The van der Waals surface area contributed by atoms with Crippen LogP contribution < -0.4 is 10.0 Å². The van der Waals surface area contributed by atoms with Crippen LogP contribution in [-0.4, -0.2) is 18.0 Å². The first-order valence-corrected chi connectivity index (χ1v) is 6.90. The number of hydrogen-bond donors (Lipinski definition) is 1. The van der Waals surface area contributed by atoms with E-state index in [0.29, 0.717) is 4.73 Å². The van der Waals surface area contributed by atoms with Gasteiger partial charge in [0.25, 0.3) is 5.91 Å². The van der Waals surface area contributed by atoms with Crippen molar-refractivity contribution in [2.45, 2.75) is 13.0 Å². The number of carbonyl (C=O) groups is 2. The minimum Gasteiger partial charge on any atom is -0.619 e. The normalized spacial score (nSPS) is 11.6. The van der Waals surface area contributed by atoms with Gasteiger partial charge in [0.2, 0.25) is 0 Å². The third kappa shape index (κ3) is 4.40. The highest BCUT2D eigenvalue weighted by molar-refractivity contribution is 6.33. The van der Waals surface area contributed by atoms with Crippen molar-refractivity contribution in [1.82, 2.24) is 0 Å². The fourth-order valence-corrected chi connectivity index (χ4v) is 1.87. The lowest BCUT2D eigenvalue weighted by Crippen LogP contribution is -2.30. The van der Waals surface area contributed by atoms with E-state index in [2.05, 4.69) is 5.32 Å². The molecule has 8 heteroatoms. The first-order valence-electron chi connectivity index (χ1n) is 6.52. The van der Waals surface area contributed by atoms with Crippen molar-refractivity contribution in [1.29, 1.82) is 0 Å². The highest BCUT2D eigenvalue weighted by Crippen LogP contribution is 2.22. The van der Waals surface area contributed by atoms with Crippen LogP contribution in [0.5, 0.6) is 0 Å². The average Bonchev–Trinajstić information content (AvgIpc) is 2.50. The Hall–Kier alpha value is -2.67. The minimum atomic E-state index is -1.11. The minimum absolute atomic E-state index is 0.0277. The van der Waals surface area contributed by atoms with E-state index in [4.69, 9.17) is 16.3 Å². The summed E-state index contributed by atoms with van der Waals surface area (Å²) in [5.74, 6) is -1.91. The molecule has 0 bridgehead atoms. The Bertz CT molecular complexity index is 737. The van der Waals surface area contributed by atoms with Crippen LogP contribution in [0.25, 0.3) is 0 Å². The van der Waals surface area contributed by atoms with Crippen LogP contribution in [0, 0.1) is 11.0 Å². The van der Waals surface area contributed by atoms with Crippen molar-refractivity contribution < 1.29 is 23.4 Å². The molecule has 0 aliphatic rings. The van der Waals surface area contributed by atoms with Crippen molar-refractivity contribution in [3.05, 3.63) is 64.3 Å². The predicted molar refractivity (Wildman–Crippen MR) is 80.3 cm³/mol. The van der Waals surface area contributed by atoms with E-state index >= 15 is 0 Å². The SMILES string of the molecule is C[C@H](OC(=O)c1cc[n+]([O-])cc1)C(=O)Nc1ccc(F)cc1Cl. The Kier molecular flexibility index (Phi) is 5.13. The van der Waals surface area contributed by atoms with Crippen LogP contribution in [0.3, 0.4) is 0 Å². The van der Waals surface area contributed by atoms with E-state index in [-0.39, 0.29) is 16.3 Å². The molecule has 120 valence electrons. The number of anilines is 1. The number of amides is 1. The Labute approximate surface area is 136 Å². The number of rotatable bonds is 4. The third-order valence-electron chi connectivity index (χ3n) is 2.88. The van der Waals surface area contributed by atoms with E-state index in [1.54, 1.807) is 0 Å². The summed E-state index contributed by atoms with van der Waals surface area (Å²) in [4.78, 5) is 23.8. The van der Waals surface area contributed by atoms with Crippen LogP contribution in [-0.2, 0) is 9.53 Å². The Morgan fingerprint density at radius 2 is 1.96 bits per heavy atom.